The maximum absolute atomic E-state index is 9.65. The third-order valence-electron chi connectivity index (χ3n) is 5.05. The monoisotopic (exact) mass is 395 g/mol. The summed E-state index contributed by atoms with van der Waals surface area (Å²) < 4.78 is 6.13. The van der Waals surface area contributed by atoms with Crippen LogP contribution in [0.25, 0.3) is 10.2 Å². The summed E-state index contributed by atoms with van der Waals surface area (Å²) in [6, 6.07) is 0.00470. The van der Waals surface area contributed by atoms with Crippen molar-refractivity contribution in [3.63, 3.8) is 0 Å². The largest absolute Gasteiger partial charge is 0.394 e. The van der Waals surface area contributed by atoms with Crippen molar-refractivity contribution in [2.24, 2.45) is 0 Å². The van der Waals surface area contributed by atoms with Crippen molar-refractivity contribution in [3.8, 4) is 0 Å². The highest BCUT2D eigenvalue weighted by atomic mass is 32.2. The van der Waals surface area contributed by atoms with Crippen molar-refractivity contribution in [2.75, 3.05) is 17.7 Å². The van der Waals surface area contributed by atoms with E-state index < -0.39 is 0 Å². The summed E-state index contributed by atoms with van der Waals surface area (Å²) in [5.74, 6) is 1.87. The molecule has 0 unspecified atom stereocenters. The van der Waals surface area contributed by atoms with E-state index in [1.54, 1.807) is 23.1 Å². The predicted molar refractivity (Wildman–Crippen MR) is 110 cm³/mol. The number of nitrogens with zero attached hydrogens (tertiary/aromatic N) is 2. The van der Waals surface area contributed by atoms with Crippen LogP contribution in [0.4, 0.5) is 5.82 Å². The Balaban J connectivity index is 2.09. The molecule has 7 heteroatoms. The second kappa shape index (κ2) is 8.42. The van der Waals surface area contributed by atoms with Gasteiger partial charge >= 0.3 is 0 Å². The number of thioether (sulfide) groups is 1. The molecule has 1 aliphatic heterocycles. The summed E-state index contributed by atoms with van der Waals surface area (Å²) >= 11 is 3.42. The Bertz CT molecular complexity index is 761. The normalized spacial score (nSPS) is 21.0. The highest BCUT2D eigenvalue weighted by molar-refractivity contribution is 7.99. The zero-order valence-electron chi connectivity index (χ0n) is 16.1. The number of thiophene rings is 1. The molecule has 0 radical (unpaired) electrons. The van der Waals surface area contributed by atoms with Gasteiger partial charge in [0, 0.05) is 17.1 Å². The van der Waals surface area contributed by atoms with Gasteiger partial charge in [-0.2, -0.15) is 0 Å². The van der Waals surface area contributed by atoms with E-state index in [1.807, 2.05) is 0 Å². The molecule has 0 amide bonds. The van der Waals surface area contributed by atoms with E-state index in [0.29, 0.717) is 6.61 Å². The molecule has 1 aliphatic rings. The number of aromatic nitrogens is 2. The van der Waals surface area contributed by atoms with Crippen LogP contribution < -0.4 is 5.32 Å². The Labute approximate surface area is 164 Å². The van der Waals surface area contributed by atoms with Crippen molar-refractivity contribution < 1.29 is 9.84 Å². The molecule has 144 valence electrons. The molecule has 3 heterocycles. The fourth-order valence-corrected chi connectivity index (χ4v) is 4.97. The minimum absolute atomic E-state index is 0.00470. The van der Waals surface area contributed by atoms with Gasteiger partial charge in [-0.05, 0) is 31.7 Å². The topological polar surface area (TPSA) is 67.3 Å². The van der Waals surface area contributed by atoms with E-state index in [9.17, 15) is 5.11 Å². The van der Waals surface area contributed by atoms with Crippen LogP contribution in [0.5, 0.6) is 0 Å². The Kier molecular flexibility index (Phi) is 6.43. The third kappa shape index (κ3) is 4.01. The maximum Gasteiger partial charge on any atom is 0.190 e. The molecule has 26 heavy (non-hydrogen) atoms. The number of aliphatic hydroxyl groups excluding tert-OH is 1. The molecule has 2 aromatic rings. The van der Waals surface area contributed by atoms with Crippen LogP contribution in [-0.4, -0.2) is 39.1 Å². The highest BCUT2D eigenvalue weighted by Gasteiger charge is 2.33. The molecular formula is C19H29N3O2S2. The van der Waals surface area contributed by atoms with Gasteiger partial charge in [0.05, 0.1) is 30.2 Å². The number of fused-ring (bicyclic) bond motifs is 3. The molecule has 0 aliphatic carbocycles. The van der Waals surface area contributed by atoms with Crippen molar-refractivity contribution in [1.82, 2.24) is 9.97 Å². The molecule has 0 fully saturated rings. The van der Waals surface area contributed by atoms with Gasteiger partial charge in [-0.25, -0.2) is 9.97 Å². The van der Waals surface area contributed by atoms with Gasteiger partial charge in [0.1, 0.15) is 10.6 Å². The van der Waals surface area contributed by atoms with Crippen molar-refractivity contribution in [2.45, 2.75) is 76.8 Å². The molecule has 2 N–H and O–H groups in total. The van der Waals surface area contributed by atoms with Crippen LogP contribution in [0, 0.1) is 0 Å². The number of aliphatic hydroxyl groups is 1. The smallest absolute Gasteiger partial charge is 0.190 e. The van der Waals surface area contributed by atoms with Crippen LogP contribution in [-0.2, 0) is 17.8 Å². The lowest BCUT2D eigenvalue weighted by Gasteiger charge is -2.33. The summed E-state index contributed by atoms with van der Waals surface area (Å²) in [7, 11) is 0. The summed E-state index contributed by atoms with van der Waals surface area (Å²) in [5.41, 5.74) is 1.19. The first-order valence-electron chi connectivity index (χ1n) is 9.50. The molecule has 2 aromatic heterocycles. The standard InChI is InChI=1S/C19H29N3O2S2/c1-5-8-25-18-21-16(20-12(6-2)10-23)15-13-9-19(4,7-3)24-11-14(13)26-17(15)22-18/h12,23H,5-11H2,1-4H3,(H,20,21,22)/t12-,19-/m1/s1. The molecule has 5 nitrogen and oxygen atoms in total. The fraction of sp³-hybridized carbons (Fsp3) is 0.684. The number of hydrogen-bond donors (Lipinski definition) is 2. The van der Waals surface area contributed by atoms with Gasteiger partial charge in [0.15, 0.2) is 5.16 Å². The van der Waals surface area contributed by atoms with E-state index in [-0.39, 0.29) is 18.2 Å². The number of rotatable bonds is 8. The third-order valence-corrected chi connectivity index (χ3v) is 7.21. The van der Waals surface area contributed by atoms with Crippen LogP contribution in [0.2, 0.25) is 0 Å². The van der Waals surface area contributed by atoms with Gasteiger partial charge < -0.3 is 15.2 Å². The molecule has 2 atom stereocenters. The van der Waals surface area contributed by atoms with Crippen LogP contribution >= 0.6 is 23.1 Å². The van der Waals surface area contributed by atoms with E-state index in [4.69, 9.17) is 14.7 Å². The van der Waals surface area contributed by atoms with Gasteiger partial charge in [-0.1, -0.05) is 32.5 Å². The molecule has 0 saturated heterocycles. The average molecular weight is 396 g/mol. The summed E-state index contributed by atoms with van der Waals surface area (Å²) in [6.45, 7) is 9.34. The number of anilines is 1. The Morgan fingerprint density at radius 1 is 1.35 bits per heavy atom. The molecule has 3 rings (SSSR count). The number of hydrogen-bond acceptors (Lipinski definition) is 7. The minimum Gasteiger partial charge on any atom is -0.394 e. The first-order valence-corrected chi connectivity index (χ1v) is 11.3. The first kappa shape index (κ1) is 19.9. The van der Waals surface area contributed by atoms with Crippen molar-refractivity contribution >= 4 is 39.1 Å². The molecule has 0 aromatic carbocycles. The zero-order chi connectivity index (χ0) is 18.7. The second-order valence-corrected chi connectivity index (χ2v) is 9.23. The molecular weight excluding hydrogens is 366 g/mol. The van der Waals surface area contributed by atoms with E-state index in [0.717, 1.165) is 52.6 Å². The lowest BCUT2D eigenvalue weighted by molar-refractivity contribution is -0.0542. The van der Waals surface area contributed by atoms with Crippen LogP contribution in [0.15, 0.2) is 5.16 Å². The fourth-order valence-electron chi connectivity index (χ4n) is 3.11. The summed E-state index contributed by atoms with van der Waals surface area (Å²) in [4.78, 5) is 11.9. The zero-order valence-corrected chi connectivity index (χ0v) is 17.7. The Morgan fingerprint density at radius 2 is 2.15 bits per heavy atom. The maximum atomic E-state index is 9.65. The summed E-state index contributed by atoms with van der Waals surface area (Å²) in [5, 5.41) is 15.1. The van der Waals surface area contributed by atoms with Gasteiger partial charge in [0.25, 0.3) is 0 Å². The summed E-state index contributed by atoms with van der Waals surface area (Å²) in [6.07, 6.45) is 3.80. The van der Waals surface area contributed by atoms with E-state index in [2.05, 4.69) is 33.0 Å². The molecule has 0 bridgehead atoms. The first-order chi connectivity index (χ1) is 12.5. The highest BCUT2D eigenvalue weighted by Crippen LogP contribution is 2.42. The van der Waals surface area contributed by atoms with Gasteiger partial charge in [-0.3, -0.25) is 0 Å². The van der Waals surface area contributed by atoms with Crippen molar-refractivity contribution in [1.29, 1.82) is 0 Å². The number of nitrogens with one attached hydrogen (secondary N) is 1. The lowest BCUT2D eigenvalue weighted by Crippen LogP contribution is -2.34. The molecule has 0 saturated carbocycles. The van der Waals surface area contributed by atoms with Gasteiger partial charge in [0.2, 0.25) is 0 Å². The number of ether oxygens (including phenoxy) is 1. The Morgan fingerprint density at radius 3 is 2.81 bits per heavy atom. The lowest BCUT2D eigenvalue weighted by atomic mass is 9.90. The van der Waals surface area contributed by atoms with Crippen LogP contribution in [0.3, 0.4) is 0 Å². The quantitative estimate of drug-likeness (QED) is 0.502. The van der Waals surface area contributed by atoms with Crippen LogP contribution in [0.1, 0.15) is 57.4 Å². The molecule has 0 spiro atoms. The van der Waals surface area contributed by atoms with Crippen molar-refractivity contribution in [3.05, 3.63) is 10.4 Å². The minimum atomic E-state index is -0.130. The Hall–Kier alpha value is -0.890. The van der Waals surface area contributed by atoms with Gasteiger partial charge in [-0.15, -0.1) is 11.3 Å². The average Bonchev–Trinajstić information content (AvgIpc) is 3.01. The van der Waals surface area contributed by atoms with E-state index >= 15 is 0 Å². The second-order valence-electron chi connectivity index (χ2n) is 7.09. The van der Waals surface area contributed by atoms with E-state index in [1.165, 1.54) is 10.4 Å². The SMILES string of the molecule is CCCSc1nc(N[C@H](CC)CO)c2c3c(sc2n1)CO[C@](C)(CC)C3. The predicted octanol–water partition coefficient (Wildman–Crippen LogP) is 4.62.